The first-order valence-corrected chi connectivity index (χ1v) is 9.48. The van der Waals surface area contributed by atoms with Gasteiger partial charge in [-0.1, -0.05) is 19.1 Å². The van der Waals surface area contributed by atoms with Crippen LogP contribution in [0.2, 0.25) is 0 Å². The molecule has 0 aliphatic rings. The first kappa shape index (κ1) is 19.7. The van der Waals surface area contributed by atoms with Crippen LogP contribution in [0.1, 0.15) is 46.2 Å². The maximum atomic E-state index is 12.0. The molecule has 1 aromatic carbocycles. The third-order valence-corrected chi connectivity index (χ3v) is 4.42. The van der Waals surface area contributed by atoms with E-state index in [-0.39, 0.29) is 24.1 Å². The number of nitrogens with one attached hydrogen (secondary N) is 3. The molecule has 0 unspecified atom stereocenters. The Morgan fingerprint density at radius 3 is 2.54 bits per heavy atom. The number of hydrogen-bond acceptors (Lipinski definition) is 4. The van der Waals surface area contributed by atoms with Crippen LogP contribution in [0.25, 0.3) is 0 Å². The lowest BCUT2D eigenvalue weighted by Crippen LogP contribution is -2.25. The summed E-state index contributed by atoms with van der Waals surface area (Å²) in [6.45, 7) is 3.04. The van der Waals surface area contributed by atoms with E-state index in [4.69, 9.17) is 0 Å². The normalized spacial score (nSPS) is 10.2. The molecule has 1 heterocycles. The lowest BCUT2D eigenvalue weighted by molar-refractivity contribution is -0.116. The molecule has 3 N–H and O–H groups in total. The second kappa shape index (κ2) is 10.4. The number of carbonyl (C=O) groups excluding carboxylic acids is 3. The molecule has 0 aliphatic heterocycles. The van der Waals surface area contributed by atoms with Gasteiger partial charge in [0.05, 0.1) is 4.88 Å². The zero-order valence-corrected chi connectivity index (χ0v) is 15.5. The van der Waals surface area contributed by atoms with Gasteiger partial charge in [-0.2, -0.15) is 0 Å². The molecular weight excluding hydrogens is 350 g/mol. The van der Waals surface area contributed by atoms with Crippen LogP contribution in [-0.2, 0) is 4.79 Å². The number of hydrogen-bond donors (Lipinski definition) is 3. The van der Waals surface area contributed by atoms with Gasteiger partial charge in [-0.25, -0.2) is 0 Å². The first-order valence-electron chi connectivity index (χ1n) is 8.60. The molecule has 7 heteroatoms. The van der Waals surface area contributed by atoms with Crippen molar-refractivity contribution in [3.8, 4) is 0 Å². The van der Waals surface area contributed by atoms with Crippen molar-refractivity contribution in [2.24, 2.45) is 0 Å². The molecule has 2 rings (SSSR count). The first-order chi connectivity index (χ1) is 12.6. The molecule has 1 aromatic heterocycles. The topological polar surface area (TPSA) is 87.3 Å². The number of rotatable bonds is 9. The summed E-state index contributed by atoms with van der Waals surface area (Å²) in [7, 11) is 0. The maximum Gasteiger partial charge on any atom is 0.261 e. The molecule has 0 saturated heterocycles. The molecular formula is C19H23N3O3S. The van der Waals surface area contributed by atoms with Crippen LogP contribution >= 0.6 is 11.3 Å². The Bertz CT molecular complexity index is 744. The van der Waals surface area contributed by atoms with Gasteiger partial charge in [0.2, 0.25) is 5.91 Å². The summed E-state index contributed by atoms with van der Waals surface area (Å²) in [5.41, 5.74) is 1.10. The lowest BCUT2D eigenvalue weighted by Gasteiger charge is -2.08. The van der Waals surface area contributed by atoms with Gasteiger partial charge in [-0.3, -0.25) is 14.4 Å². The van der Waals surface area contributed by atoms with Gasteiger partial charge in [0.1, 0.15) is 0 Å². The summed E-state index contributed by atoms with van der Waals surface area (Å²) in [5, 5.41) is 10.2. The van der Waals surface area contributed by atoms with Crippen LogP contribution in [0.3, 0.4) is 0 Å². The number of amides is 3. The highest BCUT2D eigenvalue weighted by molar-refractivity contribution is 7.12. The van der Waals surface area contributed by atoms with Crippen molar-refractivity contribution in [1.29, 1.82) is 0 Å². The smallest absolute Gasteiger partial charge is 0.261 e. The summed E-state index contributed by atoms with van der Waals surface area (Å²) >= 11 is 1.38. The Morgan fingerprint density at radius 1 is 1.00 bits per heavy atom. The zero-order valence-electron chi connectivity index (χ0n) is 14.7. The quantitative estimate of drug-likeness (QED) is 0.591. The van der Waals surface area contributed by atoms with Crippen LogP contribution in [0.15, 0.2) is 41.8 Å². The van der Waals surface area contributed by atoms with E-state index in [1.807, 2.05) is 18.4 Å². The van der Waals surface area contributed by atoms with Crippen LogP contribution in [0.4, 0.5) is 5.69 Å². The molecule has 2 aromatic rings. The Balaban J connectivity index is 1.73. The Kier molecular flexibility index (Phi) is 7.82. The number of anilines is 1. The molecule has 0 fully saturated rings. The highest BCUT2D eigenvalue weighted by Crippen LogP contribution is 2.11. The molecule has 0 spiro atoms. The number of benzene rings is 1. The average molecular weight is 373 g/mol. The van der Waals surface area contributed by atoms with E-state index in [0.717, 1.165) is 6.42 Å². The summed E-state index contributed by atoms with van der Waals surface area (Å²) in [6.07, 6.45) is 1.70. The molecule has 138 valence electrons. The fourth-order valence-corrected chi connectivity index (χ4v) is 2.89. The highest BCUT2D eigenvalue weighted by atomic mass is 32.1. The van der Waals surface area contributed by atoms with Gasteiger partial charge in [0, 0.05) is 30.8 Å². The number of thiophene rings is 1. The predicted molar refractivity (Wildman–Crippen MR) is 104 cm³/mol. The minimum absolute atomic E-state index is 0.119. The van der Waals surface area contributed by atoms with Gasteiger partial charge in [-0.05, 0) is 42.5 Å². The van der Waals surface area contributed by atoms with Gasteiger partial charge < -0.3 is 16.0 Å². The van der Waals surface area contributed by atoms with Crippen molar-refractivity contribution in [3.63, 3.8) is 0 Å². The zero-order chi connectivity index (χ0) is 18.8. The minimum Gasteiger partial charge on any atom is -0.352 e. The average Bonchev–Trinajstić information content (AvgIpc) is 3.18. The minimum atomic E-state index is -0.153. The Hall–Kier alpha value is -2.67. The Labute approximate surface area is 157 Å². The summed E-state index contributed by atoms with van der Waals surface area (Å²) in [5.74, 6) is -0.424. The van der Waals surface area contributed by atoms with Crippen molar-refractivity contribution >= 4 is 34.7 Å². The van der Waals surface area contributed by atoms with Crippen molar-refractivity contribution in [1.82, 2.24) is 10.6 Å². The van der Waals surface area contributed by atoms with Gasteiger partial charge in [0.15, 0.2) is 0 Å². The number of carbonyl (C=O) groups is 3. The highest BCUT2D eigenvalue weighted by Gasteiger charge is 2.08. The third kappa shape index (κ3) is 6.33. The van der Waals surface area contributed by atoms with E-state index in [9.17, 15) is 14.4 Å². The van der Waals surface area contributed by atoms with E-state index < -0.39 is 0 Å². The molecule has 0 atom stereocenters. The van der Waals surface area contributed by atoms with Gasteiger partial charge in [-0.15, -0.1) is 11.3 Å². The molecule has 0 bridgehead atoms. The third-order valence-electron chi connectivity index (χ3n) is 3.56. The summed E-state index contributed by atoms with van der Waals surface area (Å²) < 4.78 is 0. The van der Waals surface area contributed by atoms with Gasteiger partial charge >= 0.3 is 0 Å². The van der Waals surface area contributed by atoms with Crippen LogP contribution in [-0.4, -0.2) is 30.8 Å². The SMILES string of the molecule is CCCNC(=O)c1cccc(NC(=O)CCCNC(=O)c2cccs2)c1. The second-order valence-electron chi connectivity index (χ2n) is 5.72. The molecule has 0 saturated carbocycles. The van der Waals surface area contributed by atoms with E-state index >= 15 is 0 Å². The molecule has 0 aliphatic carbocycles. The maximum absolute atomic E-state index is 12.0. The van der Waals surface area contributed by atoms with Crippen LogP contribution in [0.5, 0.6) is 0 Å². The standard InChI is InChI=1S/C19H23N3O3S/c1-2-10-20-18(24)14-6-3-7-15(13-14)22-17(23)9-4-11-21-19(25)16-8-5-12-26-16/h3,5-8,12-13H,2,4,9-11H2,1H3,(H,20,24)(H,21,25)(H,22,23). The summed E-state index contributed by atoms with van der Waals surface area (Å²) in [4.78, 5) is 36.4. The van der Waals surface area contributed by atoms with Crippen molar-refractivity contribution < 1.29 is 14.4 Å². The van der Waals surface area contributed by atoms with Crippen molar-refractivity contribution in [2.75, 3.05) is 18.4 Å². The van der Waals surface area contributed by atoms with E-state index in [2.05, 4.69) is 16.0 Å². The van der Waals surface area contributed by atoms with Crippen LogP contribution in [0, 0.1) is 0 Å². The molecule has 3 amide bonds. The Morgan fingerprint density at radius 2 is 1.81 bits per heavy atom. The fourth-order valence-electron chi connectivity index (χ4n) is 2.25. The predicted octanol–water partition coefficient (Wildman–Crippen LogP) is 3.04. The van der Waals surface area contributed by atoms with Gasteiger partial charge in [0.25, 0.3) is 11.8 Å². The largest absolute Gasteiger partial charge is 0.352 e. The molecule has 6 nitrogen and oxygen atoms in total. The van der Waals surface area contributed by atoms with Crippen molar-refractivity contribution in [3.05, 3.63) is 52.2 Å². The molecule has 26 heavy (non-hydrogen) atoms. The van der Waals surface area contributed by atoms with Crippen LogP contribution < -0.4 is 16.0 Å². The lowest BCUT2D eigenvalue weighted by atomic mass is 10.2. The monoisotopic (exact) mass is 373 g/mol. The van der Waals surface area contributed by atoms with E-state index in [1.54, 1.807) is 30.3 Å². The second-order valence-corrected chi connectivity index (χ2v) is 6.67. The summed E-state index contributed by atoms with van der Waals surface area (Å²) in [6, 6.07) is 10.4. The fraction of sp³-hybridized carbons (Fsp3) is 0.316. The van der Waals surface area contributed by atoms with E-state index in [0.29, 0.717) is 35.6 Å². The molecule has 0 radical (unpaired) electrons. The van der Waals surface area contributed by atoms with E-state index in [1.165, 1.54) is 11.3 Å². The van der Waals surface area contributed by atoms with Crippen molar-refractivity contribution in [2.45, 2.75) is 26.2 Å².